The van der Waals surface area contributed by atoms with Gasteiger partial charge in [0.2, 0.25) is 0 Å². The predicted molar refractivity (Wildman–Crippen MR) is 99.7 cm³/mol. The number of fused-ring (bicyclic) bond motifs is 3. The van der Waals surface area contributed by atoms with Crippen LogP contribution in [0.3, 0.4) is 0 Å². The molecular weight excluding hydrogens is 377 g/mol. The Hall–Kier alpha value is -2.67. The predicted octanol–water partition coefficient (Wildman–Crippen LogP) is 6.03. The molecule has 0 atom stereocenters. The van der Waals surface area contributed by atoms with Crippen molar-refractivity contribution in [1.29, 1.82) is 0 Å². The Labute approximate surface area is 158 Å². The van der Waals surface area contributed by atoms with Crippen LogP contribution in [0.1, 0.15) is 26.0 Å². The third kappa shape index (κ3) is 3.88. The van der Waals surface area contributed by atoms with Crippen LogP contribution in [0.5, 0.6) is 0 Å². The second-order valence-electron chi connectivity index (χ2n) is 5.87. The molecule has 0 unspecified atom stereocenters. The molecule has 0 bridgehead atoms. The highest BCUT2D eigenvalue weighted by molar-refractivity contribution is 6.32. The number of pyridine rings is 1. The third-order valence-corrected chi connectivity index (χ3v) is 3.87. The van der Waals surface area contributed by atoms with Crippen molar-refractivity contribution in [3.63, 3.8) is 0 Å². The topological polar surface area (TPSA) is 43.1 Å². The van der Waals surface area contributed by atoms with Gasteiger partial charge in [-0.15, -0.1) is 0 Å². The van der Waals surface area contributed by atoms with Crippen LogP contribution in [-0.4, -0.2) is 19.6 Å². The molecule has 4 aromatic rings. The van der Waals surface area contributed by atoms with Crippen molar-refractivity contribution in [2.45, 2.75) is 26.4 Å². The molecule has 0 saturated carbocycles. The average molecular weight is 393 g/mol. The average Bonchev–Trinajstić information content (AvgIpc) is 3.08. The summed E-state index contributed by atoms with van der Waals surface area (Å²) < 4.78 is 39.6. The van der Waals surface area contributed by atoms with Gasteiger partial charge in [-0.1, -0.05) is 62.2 Å². The minimum atomic E-state index is -4.55. The fourth-order valence-electron chi connectivity index (χ4n) is 2.48. The summed E-state index contributed by atoms with van der Waals surface area (Å²) in [7, 11) is 0. The zero-order valence-corrected chi connectivity index (χ0v) is 15.4. The summed E-state index contributed by atoms with van der Waals surface area (Å²) in [5.74, 6) is 0. The monoisotopic (exact) mass is 392 g/mol. The second-order valence-corrected chi connectivity index (χ2v) is 6.23. The first-order valence-corrected chi connectivity index (χ1v) is 8.70. The largest absolute Gasteiger partial charge is 0.435 e. The molecule has 0 radical (unpaired) electrons. The van der Waals surface area contributed by atoms with E-state index in [-0.39, 0.29) is 16.4 Å². The Morgan fingerprint density at radius 3 is 2.37 bits per heavy atom. The van der Waals surface area contributed by atoms with Crippen LogP contribution in [0, 0.1) is 0 Å². The zero-order chi connectivity index (χ0) is 19.6. The quantitative estimate of drug-likeness (QED) is 0.371. The van der Waals surface area contributed by atoms with Crippen molar-refractivity contribution in [3.8, 4) is 11.1 Å². The van der Waals surface area contributed by atoms with E-state index in [0.29, 0.717) is 10.9 Å². The molecule has 0 aliphatic heterocycles. The summed E-state index contributed by atoms with van der Waals surface area (Å²) in [5, 5.41) is 4.29. The van der Waals surface area contributed by atoms with Crippen LogP contribution in [0.4, 0.5) is 13.2 Å². The molecule has 4 nitrogen and oxygen atoms in total. The van der Waals surface area contributed by atoms with Gasteiger partial charge in [0.25, 0.3) is 0 Å². The van der Waals surface area contributed by atoms with Crippen molar-refractivity contribution < 1.29 is 13.2 Å². The maximum absolute atomic E-state index is 12.8. The summed E-state index contributed by atoms with van der Waals surface area (Å²) >= 11 is 6.24. The minimum Gasteiger partial charge on any atom is -0.236 e. The number of hydrogen-bond donors (Lipinski definition) is 0. The number of benzene rings is 1. The maximum atomic E-state index is 12.8. The van der Waals surface area contributed by atoms with Crippen molar-refractivity contribution >= 4 is 28.3 Å². The molecule has 8 heteroatoms. The molecule has 140 valence electrons. The van der Waals surface area contributed by atoms with E-state index in [4.69, 9.17) is 11.6 Å². The third-order valence-electron chi connectivity index (χ3n) is 3.59. The number of nitrogens with zero attached hydrogens (tertiary/aromatic N) is 4. The van der Waals surface area contributed by atoms with Crippen molar-refractivity contribution in [3.05, 3.63) is 59.5 Å². The summed E-state index contributed by atoms with van der Waals surface area (Å²) in [4.78, 5) is 8.26. The first-order chi connectivity index (χ1) is 12.8. The molecule has 3 heterocycles. The van der Waals surface area contributed by atoms with Gasteiger partial charge in [0, 0.05) is 23.2 Å². The van der Waals surface area contributed by atoms with Gasteiger partial charge < -0.3 is 0 Å². The van der Waals surface area contributed by atoms with Crippen molar-refractivity contribution in [2.24, 2.45) is 0 Å². The highest BCUT2D eigenvalue weighted by Crippen LogP contribution is 2.32. The molecule has 27 heavy (non-hydrogen) atoms. The maximum Gasteiger partial charge on any atom is 0.435 e. The van der Waals surface area contributed by atoms with Gasteiger partial charge in [-0.05, 0) is 11.6 Å². The second kappa shape index (κ2) is 7.52. The molecule has 0 aliphatic carbocycles. The van der Waals surface area contributed by atoms with Crippen LogP contribution in [0.25, 0.3) is 27.8 Å². The molecule has 3 aromatic heterocycles. The van der Waals surface area contributed by atoms with E-state index in [2.05, 4.69) is 28.9 Å². The van der Waals surface area contributed by atoms with E-state index in [1.807, 2.05) is 30.3 Å². The van der Waals surface area contributed by atoms with Crippen LogP contribution in [-0.2, 0) is 6.18 Å². The van der Waals surface area contributed by atoms with E-state index < -0.39 is 11.9 Å². The first kappa shape index (κ1) is 19.1. The summed E-state index contributed by atoms with van der Waals surface area (Å²) in [6.45, 7) is 4.25. The first-order valence-electron chi connectivity index (χ1n) is 8.32. The fraction of sp³-hybridized carbons (Fsp3) is 0.211. The lowest BCUT2D eigenvalue weighted by Gasteiger charge is -2.07. The van der Waals surface area contributed by atoms with Gasteiger partial charge in [0.15, 0.2) is 17.0 Å². The Kier molecular flexibility index (Phi) is 5.32. The molecule has 0 aliphatic rings. The molecule has 0 amide bonds. The Morgan fingerprint density at radius 1 is 1.07 bits per heavy atom. The zero-order valence-electron chi connectivity index (χ0n) is 14.6. The summed E-state index contributed by atoms with van der Waals surface area (Å²) in [6.07, 6.45) is -1.84. The van der Waals surface area contributed by atoms with Gasteiger partial charge in [-0.25, -0.2) is 9.97 Å². The van der Waals surface area contributed by atoms with E-state index in [0.717, 1.165) is 16.1 Å². The van der Waals surface area contributed by atoms with E-state index in [1.165, 1.54) is 12.6 Å². The molecule has 0 fully saturated rings. The van der Waals surface area contributed by atoms with Crippen molar-refractivity contribution in [1.82, 2.24) is 19.6 Å². The van der Waals surface area contributed by atoms with Crippen molar-refractivity contribution in [2.75, 3.05) is 0 Å². The van der Waals surface area contributed by atoms with Crippen LogP contribution >= 0.6 is 11.6 Å². The summed E-state index contributed by atoms with van der Waals surface area (Å²) in [5.41, 5.74) is 0.793. The van der Waals surface area contributed by atoms with Gasteiger partial charge in [-0.2, -0.15) is 22.8 Å². The van der Waals surface area contributed by atoms with E-state index >= 15 is 0 Å². The highest BCUT2D eigenvalue weighted by Gasteiger charge is 2.34. The van der Waals surface area contributed by atoms with Crippen LogP contribution < -0.4 is 0 Å². The fourth-order valence-corrected chi connectivity index (χ4v) is 2.72. The van der Waals surface area contributed by atoms with Crippen LogP contribution in [0.2, 0.25) is 5.15 Å². The summed E-state index contributed by atoms with van der Waals surface area (Å²) in [6, 6.07) is 12.0. The molecule has 4 rings (SSSR count). The van der Waals surface area contributed by atoms with Gasteiger partial charge in [0.1, 0.15) is 5.15 Å². The molecule has 0 saturated heterocycles. The Bertz CT molecular complexity index is 1080. The highest BCUT2D eigenvalue weighted by atomic mass is 35.5. The normalized spacial score (nSPS) is 11.5. The van der Waals surface area contributed by atoms with E-state index in [9.17, 15) is 13.2 Å². The standard InChI is InChI=1S/C16H8ClF3N4.C3H8/c17-14-11(9-4-2-1-3-5-9)6-10-8-21-13-7-12(16(18,19)20)23-24(13)15(10)22-14;1-3-2/h1-8H;3H2,1-2H3. The molecular formula is C19H16ClF3N4. The Balaban J connectivity index is 0.000000659. The smallest absolute Gasteiger partial charge is 0.236 e. The number of alkyl halides is 3. The minimum absolute atomic E-state index is 0.0610. The van der Waals surface area contributed by atoms with E-state index in [1.54, 1.807) is 6.07 Å². The number of hydrogen-bond acceptors (Lipinski definition) is 3. The lowest BCUT2D eigenvalue weighted by Crippen LogP contribution is -2.06. The van der Waals surface area contributed by atoms with Gasteiger partial charge >= 0.3 is 6.18 Å². The molecule has 0 spiro atoms. The van der Waals surface area contributed by atoms with Gasteiger partial charge in [0.05, 0.1) is 0 Å². The number of rotatable bonds is 1. The van der Waals surface area contributed by atoms with Crippen LogP contribution in [0.15, 0.2) is 48.7 Å². The lowest BCUT2D eigenvalue weighted by molar-refractivity contribution is -0.141. The lowest BCUT2D eigenvalue weighted by atomic mass is 10.1. The number of halogens is 4. The Morgan fingerprint density at radius 2 is 1.74 bits per heavy atom. The van der Waals surface area contributed by atoms with Gasteiger partial charge in [-0.3, -0.25) is 0 Å². The molecule has 0 N–H and O–H groups in total. The SMILES string of the molecule is CCC.FC(F)(F)c1cc2ncc3cc(-c4ccccc4)c(Cl)nc3n2n1. The number of aromatic nitrogens is 4. The molecule has 1 aromatic carbocycles.